The lowest BCUT2D eigenvalue weighted by Crippen LogP contribution is -2.28. The zero-order chi connectivity index (χ0) is 13.0. The van der Waals surface area contributed by atoms with E-state index < -0.39 is 0 Å². The van der Waals surface area contributed by atoms with Gasteiger partial charge in [0.2, 0.25) is 0 Å². The fraction of sp³-hybridized carbons (Fsp3) is 0.571. The SMILES string of the molecule is CN(CC1CCCCC1)c1nccc(C#N)c1N. The smallest absolute Gasteiger partial charge is 0.152 e. The first-order valence-electron chi connectivity index (χ1n) is 6.58. The molecule has 18 heavy (non-hydrogen) atoms. The first-order valence-corrected chi connectivity index (χ1v) is 6.58. The van der Waals surface area contributed by atoms with Crippen molar-refractivity contribution in [2.75, 3.05) is 24.2 Å². The molecule has 1 aliphatic rings. The van der Waals surface area contributed by atoms with Crippen molar-refractivity contribution in [1.29, 1.82) is 5.26 Å². The van der Waals surface area contributed by atoms with Crippen LogP contribution in [0.15, 0.2) is 12.3 Å². The maximum absolute atomic E-state index is 8.97. The Kier molecular flexibility index (Phi) is 4.03. The molecule has 0 bridgehead atoms. The second kappa shape index (κ2) is 5.72. The van der Waals surface area contributed by atoms with Crippen molar-refractivity contribution in [3.05, 3.63) is 17.8 Å². The topological polar surface area (TPSA) is 65.9 Å². The normalized spacial score (nSPS) is 16.2. The zero-order valence-corrected chi connectivity index (χ0v) is 10.9. The van der Waals surface area contributed by atoms with Gasteiger partial charge in [0, 0.05) is 19.8 Å². The van der Waals surface area contributed by atoms with Gasteiger partial charge in [-0.15, -0.1) is 0 Å². The Hall–Kier alpha value is -1.76. The van der Waals surface area contributed by atoms with Crippen molar-refractivity contribution >= 4 is 11.5 Å². The summed E-state index contributed by atoms with van der Waals surface area (Å²) in [5.41, 5.74) is 6.98. The molecule has 1 aromatic heterocycles. The van der Waals surface area contributed by atoms with Gasteiger partial charge in [-0.3, -0.25) is 0 Å². The fourth-order valence-corrected chi connectivity index (χ4v) is 2.71. The van der Waals surface area contributed by atoms with Crippen LogP contribution in [0.2, 0.25) is 0 Å². The Morgan fingerprint density at radius 1 is 1.44 bits per heavy atom. The zero-order valence-electron chi connectivity index (χ0n) is 10.9. The van der Waals surface area contributed by atoms with E-state index in [9.17, 15) is 0 Å². The van der Waals surface area contributed by atoms with Gasteiger partial charge in [0.15, 0.2) is 5.82 Å². The summed E-state index contributed by atoms with van der Waals surface area (Å²) in [6, 6.07) is 3.76. The molecule has 1 aliphatic carbocycles. The largest absolute Gasteiger partial charge is 0.395 e. The van der Waals surface area contributed by atoms with Gasteiger partial charge in [0.05, 0.1) is 11.3 Å². The van der Waals surface area contributed by atoms with Gasteiger partial charge in [-0.2, -0.15) is 5.26 Å². The number of nitrogens with zero attached hydrogens (tertiary/aromatic N) is 3. The Balaban J connectivity index is 2.08. The molecule has 1 heterocycles. The minimum Gasteiger partial charge on any atom is -0.395 e. The molecule has 0 radical (unpaired) electrons. The summed E-state index contributed by atoms with van der Waals surface area (Å²) in [5, 5.41) is 8.97. The standard InChI is InChI=1S/C14H20N4/c1-18(10-11-5-3-2-4-6-11)14-13(16)12(9-15)7-8-17-14/h7-8,11H,2-6,10,16H2,1H3. The van der Waals surface area contributed by atoms with Gasteiger partial charge in [-0.1, -0.05) is 19.3 Å². The molecule has 96 valence electrons. The van der Waals surface area contributed by atoms with Crippen LogP contribution >= 0.6 is 0 Å². The second-order valence-corrected chi connectivity index (χ2v) is 5.09. The number of anilines is 2. The van der Waals surface area contributed by atoms with E-state index in [-0.39, 0.29) is 0 Å². The minimum absolute atomic E-state index is 0.498. The molecule has 0 saturated heterocycles. The summed E-state index contributed by atoms with van der Waals surface area (Å²) in [6.45, 7) is 0.978. The number of hydrogen-bond acceptors (Lipinski definition) is 4. The van der Waals surface area contributed by atoms with Gasteiger partial charge in [0.25, 0.3) is 0 Å². The summed E-state index contributed by atoms with van der Waals surface area (Å²) in [6.07, 6.45) is 8.27. The van der Waals surface area contributed by atoms with E-state index in [1.165, 1.54) is 32.1 Å². The van der Waals surface area contributed by atoms with Crippen LogP contribution in [0.1, 0.15) is 37.7 Å². The van der Waals surface area contributed by atoms with Gasteiger partial charge >= 0.3 is 0 Å². The van der Waals surface area contributed by atoms with Crippen molar-refractivity contribution in [2.45, 2.75) is 32.1 Å². The minimum atomic E-state index is 0.498. The molecule has 2 rings (SSSR count). The molecule has 1 fully saturated rings. The van der Waals surface area contributed by atoms with Crippen molar-refractivity contribution in [1.82, 2.24) is 4.98 Å². The van der Waals surface area contributed by atoms with Crippen LogP contribution in [0.4, 0.5) is 11.5 Å². The van der Waals surface area contributed by atoms with Crippen molar-refractivity contribution in [3.63, 3.8) is 0 Å². The van der Waals surface area contributed by atoms with Crippen LogP contribution < -0.4 is 10.6 Å². The fourth-order valence-electron chi connectivity index (χ4n) is 2.71. The third-order valence-electron chi connectivity index (χ3n) is 3.71. The van der Waals surface area contributed by atoms with Gasteiger partial charge in [-0.05, 0) is 24.8 Å². The molecule has 0 spiro atoms. The lowest BCUT2D eigenvalue weighted by atomic mass is 9.89. The van der Waals surface area contributed by atoms with Crippen molar-refractivity contribution in [3.8, 4) is 6.07 Å². The number of aromatic nitrogens is 1. The molecule has 4 nitrogen and oxygen atoms in total. The molecule has 0 aliphatic heterocycles. The van der Waals surface area contributed by atoms with Gasteiger partial charge in [0.1, 0.15) is 6.07 Å². The highest BCUT2D eigenvalue weighted by Gasteiger charge is 2.18. The predicted octanol–water partition coefficient (Wildman–Crippen LogP) is 2.55. The van der Waals surface area contributed by atoms with E-state index in [0.29, 0.717) is 11.3 Å². The third-order valence-corrected chi connectivity index (χ3v) is 3.71. The van der Waals surface area contributed by atoms with Crippen LogP contribution in [0, 0.1) is 17.2 Å². The summed E-state index contributed by atoms with van der Waals surface area (Å²) in [4.78, 5) is 6.39. The van der Waals surface area contributed by atoms with E-state index in [1.54, 1.807) is 12.3 Å². The summed E-state index contributed by atoms with van der Waals surface area (Å²) < 4.78 is 0. The molecule has 1 aromatic rings. The summed E-state index contributed by atoms with van der Waals surface area (Å²) in [7, 11) is 2.01. The number of nitrogens with two attached hydrogens (primary N) is 1. The van der Waals surface area contributed by atoms with Crippen molar-refractivity contribution in [2.24, 2.45) is 5.92 Å². The summed E-state index contributed by atoms with van der Waals surface area (Å²) in [5.74, 6) is 1.47. The number of pyridine rings is 1. The van der Waals surface area contributed by atoms with E-state index in [2.05, 4.69) is 16.0 Å². The molecular formula is C14H20N4. The quantitative estimate of drug-likeness (QED) is 0.887. The molecule has 4 heteroatoms. The van der Waals surface area contributed by atoms with Crippen LogP contribution in [0.5, 0.6) is 0 Å². The van der Waals surface area contributed by atoms with E-state index in [0.717, 1.165) is 18.3 Å². The molecular weight excluding hydrogens is 224 g/mol. The highest BCUT2D eigenvalue weighted by Crippen LogP contribution is 2.28. The van der Waals surface area contributed by atoms with E-state index >= 15 is 0 Å². The number of rotatable bonds is 3. The third kappa shape index (κ3) is 2.73. The molecule has 2 N–H and O–H groups in total. The predicted molar refractivity (Wildman–Crippen MR) is 73.2 cm³/mol. The highest BCUT2D eigenvalue weighted by molar-refractivity contribution is 5.69. The Morgan fingerprint density at radius 3 is 2.83 bits per heavy atom. The maximum Gasteiger partial charge on any atom is 0.152 e. The number of nitrogen functional groups attached to an aromatic ring is 1. The average molecular weight is 244 g/mol. The van der Waals surface area contributed by atoms with Crippen LogP contribution in [0.3, 0.4) is 0 Å². The number of hydrogen-bond donors (Lipinski definition) is 1. The lowest BCUT2D eigenvalue weighted by molar-refractivity contribution is 0.361. The molecule has 0 amide bonds. The average Bonchev–Trinajstić information content (AvgIpc) is 2.40. The second-order valence-electron chi connectivity index (χ2n) is 5.09. The van der Waals surface area contributed by atoms with Crippen LogP contribution in [0.25, 0.3) is 0 Å². The molecule has 0 unspecified atom stereocenters. The number of nitriles is 1. The van der Waals surface area contributed by atoms with Gasteiger partial charge < -0.3 is 10.6 Å². The van der Waals surface area contributed by atoms with Crippen LogP contribution in [-0.2, 0) is 0 Å². The monoisotopic (exact) mass is 244 g/mol. The maximum atomic E-state index is 8.97. The van der Waals surface area contributed by atoms with E-state index in [4.69, 9.17) is 11.0 Å². The molecule has 1 saturated carbocycles. The van der Waals surface area contributed by atoms with Crippen LogP contribution in [-0.4, -0.2) is 18.6 Å². The highest BCUT2D eigenvalue weighted by atomic mass is 15.2. The summed E-state index contributed by atoms with van der Waals surface area (Å²) >= 11 is 0. The first-order chi connectivity index (χ1) is 8.72. The Bertz CT molecular complexity index is 444. The Labute approximate surface area is 108 Å². The molecule has 0 atom stereocenters. The van der Waals surface area contributed by atoms with Crippen molar-refractivity contribution < 1.29 is 0 Å². The Morgan fingerprint density at radius 2 is 2.17 bits per heavy atom. The van der Waals surface area contributed by atoms with E-state index in [1.807, 2.05) is 7.05 Å². The molecule has 0 aromatic carbocycles. The lowest BCUT2D eigenvalue weighted by Gasteiger charge is -2.28. The first kappa shape index (κ1) is 12.7. The van der Waals surface area contributed by atoms with Gasteiger partial charge in [-0.25, -0.2) is 4.98 Å².